The Labute approximate surface area is 406 Å². The number of carboxylic acids is 1. The van der Waals surface area contributed by atoms with Crippen LogP contribution in [0.1, 0.15) is 13.3 Å². The molecule has 0 aliphatic carbocycles. The average molecular weight is 1060 g/mol. The lowest BCUT2D eigenvalue weighted by atomic mass is 9.88. The van der Waals surface area contributed by atoms with Crippen molar-refractivity contribution in [3.63, 3.8) is 0 Å². The molecule has 414 valence electrons. The number of aliphatic hydroxyl groups excluding tert-OH is 16. The predicted molar refractivity (Wildman–Crippen MR) is 227 cm³/mol. The minimum atomic E-state index is -3.15. The van der Waals surface area contributed by atoms with Crippen molar-refractivity contribution >= 4 is 20.0 Å². The lowest BCUT2D eigenvalue weighted by molar-refractivity contribution is -0.397. The summed E-state index contributed by atoms with van der Waals surface area (Å²) in [5.74, 6) is -6.00. The summed E-state index contributed by atoms with van der Waals surface area (Å²) in [4.78, 5) is 24.9. The second-order valence-corrected chi connectivity index (χ2v) is 24.9. The van der Waals surface area contributed by atoms with Gasteiger partial charge in [-0.3, -0.25) is 4.79 Å². The number of carbonyl (C=O) groups is 2. The summed E-state index contributed by atoms with van der Waals surface area (Å²) >= 11 is 0. The van der Waals surface area contributed by atoms with E-state index in [2.05, 4.69) is 25.0 Å². The van der Waals surface area contributed by atoms with Gasteiger partial charge < -0.3 is 139 Å². The molecular weight excluding hydrogens is 987 g/mol. The zero-order valence-electron chi connectivity index (χ0n) is 39.1. The Kier molecular flexibility index (Phi) is 21.4. The summed E-state index contributed by atoms with van der Waals surface area (Å²) in [5, 5.41) is 185. The quantitative estimate of drug-likeness (QED) is 0.0475. The van der Waals surface area contributed by atoms with Gasteiger partial charge in [0.2, 0.25) is 5.91 Å². The molecule has 0 spiro atoms. The van der Waals surface area contributed by atoms with Gasteiger partial charge in [0.05, 0.1) is 45.2 Å². The first-order valence-electron chi connectivity index (χ1n) is 22.9. The van der Waals surface area contributed by atoms with E-state index < -0.39 is 218 Å². The zero-order valence-corrected chi connectivity index (χ0v) is 40.1. The number of carboxylic acid groups (broad SMARTS) is 1. The van der Waals surface area contributed by atoms with Gasteiger partial charge in [-0.15, -0.1) is 0 Å². The number of aliphatic carboxylic acids is 1. The highest BCUT2D eigenvalue weighted by Crippen LogP contribution is 2.39. The molecule has 0 radical (unpaired) electrons. The number of amides is 1. The summed E-state index contributed by atoms with van der Waals surface area (Å²) in [6.45, 7) is 2.38. The van der Waals surface area contributed by atoms with Crippen LogP contribution in [-0.2, 0) is 57.0 Å². The van der Waals surface area contributed by atoms with Gasteiger partial charge in [0.15, 0.2) is 25.2 Å². The summed E-state index contributed by atoms with van der Waals surface area (Å²) in [7, 11) is -1.59. The molecule has 0 saturated carbocycles. The molecule has 31 heteroatoms. The number of ether oxygens (including phenoxy) is 10. The maximum Gasteiger partial charge on any atom is 0.364 e. The highest BCUT2D eigenvalue weighted by Gasteiger charge is 2.61. The molecule has 71 heavy (non-hydrogen) atoms. The molecule has 1 amide bonds. The first-order chi connectivity index (χ1) is 33.3. The summed E-state index contributed by atoms with van der Waals surface area (Å²) in [5.41, 5.74) is 0. The van der Waals surface area contributed by atoms with Crippen LogP contribution in [0.4, 0.5) is 0 Å². The van der Waals surface area contributed by atoms with Gasteiger partial charge in [-0.2, -0.15) is 0 Å². The SMILES string of the molecule is CC(=O)N[C@H]1[C@H]([C@H](O)[C@H](O)CO)O[C@@](O[C@H]2[C@@H](O)[C@@H](CO)O[C@@H](O[C@H]3[C@H](O)[C@@H](O)[C@H](O[C@H]4[C@@H](O)[C@@H](CO)O[C@@H](O[C@H]5[C@H](O)[C@@H](O)[C@H](OCC[Si](C)(C)C)O[C@@H]5CO)[C@@H]4O)O[C@@H]3CO)[C@@H]2O)(C(=O)O)C[C@@H]1O. The molecule has 5 fully saturated rings. The van der Waals surface area contributed by atoms with Crippen molar-refractivity contribution in [2.75, 3.05) is 39.6 Å². The van der Waals surface area contributed by atoms with Gasteiger partial charge >= 0.3 is 5.97 Å². The third-order valence-electron chi connectivity index (χ3n) is 12.8. The Morgan fingerprint density at radius 1 is 0.620 bits per heavy atom. The van der Waals surface area contributed by atoms with Crippen molar-refractivity contribution < 1.29 is 144 Å². The molecule has 5 heterocycles. The van der Waals surface area contributed by atoms with Crippen LogP contribution >= 0.6 is 0 Å². The summed E-state index contributed by atoms with van der Waals surface area (Å²) in [6.07, 6.45) is -48.0. The summed E-state index contributed by atoms with van der Waals surface area (Å²) < 4.78 is 56.5. The molecule has 5 aliphatic heterocycles. The van der Waals surface area contributed by atoms with Crippen LogP contribution in [0.2, 0.25) is 25.7 Å². The second-order valence-electron chi connectivity index (χ2n) is 19.3. The van der Waals surface area contributed by atoms with E-state index in [0.29, 0.717) is 6.04 Å². The number of carbonyl (C=O) groups excluding carboxylic acids is 1. The maximum absolute atomic E-state index is 12.9. The van der Waals surface area contributed by atoms with Crippen molar-refractivity contribution in [1.82, 2.24) is 5.32 Å². The number of hydrogen-bond acceptors (Lipinski definition) is 28. The molecule has 0 aromatic heterocycles. The lowest BCUT2D eigenvalue weighted by Crippen LogP contribution is -2.71. The van der Waals surface area contributed by atoms with Gasteiger partial charge in [0.1, 0.15) is 116 Å². The largest absolute Gasteiger partial charge is 0.477 e. The smallest absolute Gasteiger partial charge is 0.364 e. The van der Waals surface area contributed by atoms with Gasteiger partial charge in [-0.1, -0.05) is 19.6 Å². The van der Waals surface area contributed by atoms with Crippen molar-refractivity contribution in [3.05, 3.63) is 0 Å². The zero-order chi connectivity index (χ0) is 53.0. The average Bonchev–Trinajstić information content (AvgIpc) is 3.31. The van der Waals surface area contributed by atoms with Crippen LogP contribution in [0.5, 0.6) is 0 Å². The van der Waals surface area contributed by atoms with Crippen LogP contribution < -0.4 is 5.32 Å². The third-order valence-corrected chi connectivity index (χ3v) is 14.5. The van der Waals surface area contributed by atoms with Crippen LogP contribution in [0.3, 0.4) is 0 Å². The van der Waals surface area contributed by atoms with E-state index in [1.165, 1.54) is 0 Å². The molecular formula is C40H71NO29Si. The molecule has 30 nitrogen and oxygen atoms in total. The highest BCUT2D eigenvalue weighted by atomic mass is 28.3. The van der Waals surface area contributed by atoms with E-state index in [1.807, 2.05) is 0 Å². The monoisotopic (exact) mass is 1060 g/mol. The molecule has 18 N–H and O–H groups in total. The molecule has 0 aromatic rings. The normalized spacial score (nSPS) is 45.5. The van der Waals surface area contributed by atoms with E-state index in [4.69, 9.17) is 47.4 Å². The Balaban J connectivity index is 1.32. The van der Waals surface area contributed by atoms with Gasteiger partial charge in [-0.05, 0) is 6.04 Å². The van der Waals surface area contributed by atoms with Gasteiger partial charge in [0.25, 0.3) is 5.79 Å². The third kappa shape index (κ3) is 13.6. The fourth-order valence-electron chi connectivity index (χ4n) is 8.74. The van der Waals surface area contributed by atoms with E-state index in [9.17, 15) is 96.4 Å². The minimum absolute atomic E-state index is 0.164. The first kappa shape index (κ1) is 60.0. The van der Waals surface area contributed by atoms with E-state index in [1.54, 1.807) is 0 Å². The number of rotatable bonds is 21. The summed E-state index contributed by atoms with van der Waals surface area (Å²) in [6, 6.07) is -0.961. The van der Waals surface area contributed by atoms with Crippen molar-refractivity contribution in [3.8, 4) is 0 Å². The molecule has 0 bridgehead atoms. The lowest BCUT2D eigenvalue weighted by Gasteiger charge is -2.51. The van der Waals surface area contributed by atoms with Crippen molar-refractivity contribution in [1.29, 1.82) is 0 Å². The standard InChI is InChI=1S/C40H71NO29Si/c1-13(47)41-20-14(48)7-40(39(59)60,69-32(20)21(50)15(49)8-42)70-34-23(52)17(10-44)63-38(29(34)58)67-31-19(12-46)65-36(27(56)25(31)54)68-33-22(51)16(9-43)62-37(28(33)57)66-30-18(11-45)64-35(26(55)24(30)53)61-5-6-71(2,3)4/h14-38,42-46,48-58H,5-12H2,1-4H3,(H,41,47)(H,59,60)/t14-,15+,16+,17+,18+,19+,20+,21+,22-,23-,24+,25+,26+,27+,28+,29+,30+,31+,32+,33-,34-,35+,36-,37-,38-,40-/m0/s1. The van der Waals surface area contributed by atoms with Crippen molar-refractivity contribution in [2.45, 2.75) is 198 Å². The Bertz CT molecular complexity index is 1690. The predicted octanol–water partition coefficient (Wildman–Crippen LogP) is -10.2. The number of nitrogens with one attached hydrogen (secondary N) is 1. The highest BCUT2D eigenvalue weighted by molar-refractivity contribution is 6.76. The molecule has 5 saturated heterocycles. The molecule has 5 aliphatic rings. The molecule has 0 unspecified atom stereocenters. The molecule has 26 atom stereocenters. The van der Waals surface area contributed by atoms with Crippen molar-refractivity contribution in [2.24, 2.45) is 0 Å². The van der Waals surface area contributed by atoms with E-state index in [0.717, 1.165) is 6.92 Å². The van der Waals surface area contributed by atoms with Crippen LogP contribution in [0.25, 0.3) is 0 Å². The number of aliphatic hydroxyl groups is 16. The Morgan fingerprint density at radius 3 is 1.52 bits per heavy atom. The van der Waals surface area contributed by atoms with E-state index >= 15 is 0 Å². The van der Waals surface area contributed by atoms with Crippen LogP contribution in [0.15, 0.2) is 0 Å². The van der Waals surface area contributed by atoms with E-state index in [-0.39, 0.29) is 6.61 Å². The Hall–Kier alpha value is -1.88. The first-order valence-corrected chi connectivity index (χ1v) is 26.6. The Morgan fingerprint density at radius 2 is 1.06 bits per heavy atom. The molecule has 5 rings (SSSR count). The fourth-order valence-corrected chi connectivity index (χ4v) is 9.47. The van der Waals surface area contributed by atoms with Crippen LogP contribution in [0, 0.1) is 0 Å². The topological polar surface area (TPSA) is 482 Å². The van der Waals surface area contributed by atoms with Crippen LogP contribution in [-0.4, -0.2) is 305 Å². The second kappa shape index (κ2) is 25.3. The maximum atomic E-state index is 12.9. The minimum Gasteiger partial charge on any atom is -0.477 e. The number of hydrogen-bond donors (Lipinski definition) is 18. The molecule has 0 aromatic carbocycles. The van der Waals surface area contributed by atoms with Gasteiger partial charge in [0, 0.05) is 28.0 Å². The fraction of sp³-hybridized carbons (Fsp3) is 0.950. The van der Waals surface area contributed by atoms with Gasteiger partial charge in [-0.25, -0.2) is 4.79 Å².